The van der Waals surface area contributed by atoms with E-state index in [0.717, 1.165) is 25.8 Å². The number of hydrogen-bond acceptors (Lipinski definition) is 4. The lowest BCUT2D eigenvalue weighted by molar-refractivity contribution is -0.136. The number of piperidine rings is 1. The molecule has 6 heteroatoms. The molecule has 1 aromatic carbocycles. The van der Waals surface area contributed by atoms with Gasteiger partial charge in [-0.2, -0.15) is 0 Å². The summed E-state index contributed by atoms with van der Waals surface area (Å²) in [4.78, 5) is 14.1. The number of ether oxygens (including phenoxy) is 2. The number of nitrogens with two attached hydrogens (primary N) is 1. The zero-order valence-corrected chi connectivity index (χ0v) is 13.1. The van der Waals surface area contributed by atoms with Gasteiger partial charge in [-0.3, -0.25) is 4.79 Å². The van der Waals surface area contributed by atoms with Crippen molar-refractivity contribution in [2.45, 2.75) is 25.3 Å². The molecule has 2 rings (SSSR count). The topological polar surface area (TPSA) is 64.8 Å². The fourth-order valence-electron chi connectivity index (χ4n) is 2.49. The van der Waals surface area contributed by atoms with Gasteiger partial charge in [0.2, 0.25) is 0 Å². The highest BCUT2D eigenvalue weighted by molar-refractivity contribution is 5.85. The fourth-order valence-corrected chi connectivity index (χ4v) is 2.49. The Morgan fingerprint density at radius 3 is 2.86 bits per heavy atom. The van der Waals surface area contributed by atoms with Crippen molar-refractivity contribution in [3.8, 4) is 11.5 Å². The molecule has 1 aliphatic rings. The molecule has 0 spiro atoms. The van der Waals surface area contributed by atoms with E-state index in [4.69, 9.17) is 15.2 Å². The molecule has 2 N–H and O–H groups in total. The van der Waals surface area contributed by atoms with Gasteiger partial charge in [0, 0.05) is 25.2 Å². The largest absolute Gasteiger partial charge is 0.497 e. The van der Waals surface area contributed by atoms with Crippen LogP contribution in [0.25, 0.3) is 0 Å². The molecular formula is C15H23ClN2O3. The van der Waals surface area contributed by atoms with Crippen LogP contribution in [-0.4, -0.2) is 43.7 Å². The highest BCUT2D eigenvalue weighted by Gasteiger charge is 2.25. The number of halogens is 1. The van der Waals surface area contributed by atoms with Crippen molar-refractivity contribution in [1.82, 2.24) is 4.90 Å². The summed E-state index contributed by atoms with van der Waals surface area (Å²) >= 11 is 0. The molecule has 1 amide bonds. The number of benzene rings is 1. The molecule has 1 fully saturated rings. The molecule has 1 aliphatic heterocycles. The SMILES string of the molecule is COc1cccc(OCC(=O)N2CCCCC2CN)c1.Cl. The second-order valence-corrected chi connectivity index (χ2v) is 4.94. The van der Waals surface area contributed by atoms with Gasteiger partial charge in [0.1, 0.15) is 11.5 Å². The first-order chi connectivity index (χ1) is 9.74. The summed E-state index contributed by atoms with van der Waals surface area (Å²) in [6, 6.07) is 7.41. The molecule has 1 aromatic rings. The minimum absolute atomic E-state index is 0. The number of nitrogens with zero attached hydrogens (tertiary/aromatic N) is 1. The van der Waals surface area contributed by atoms with Gasteiger partial charge in [-0.25, -0.2) is 0 Å². The van der Waals surface area contributed by atoms with E-state index < -0.39 is 0 Å². The summed E-state index contributed by atoms with van der Waals surface area (Å²) in [5, 5.41) is 0. The molecule has 118 valence electrons. The van der Waals surface area contributed by atoms with Gasteiger partial charge in [-0.05, 0) is 31.4 Å². The number of methoxy groups -OCH3 is 1. The summed E-state index contributed by atoms with van der Waals surface area (Å²) in [5.41, 5.74) is 5.73. The van der Waals surface area contributed by atoms with E-state index >= 15 is 0 Å². The maximum atomic E-state index is 12.2. The van der Waals surface area contributed by atoms with Crippen molar-refractivity contribution in [2.75, 3.05) is 26.8 Å². The summed E-state index contributed by atoms with van der Waals surface area (Å²) < 4.78 is 10.7. The van der Waals surface area contributed by atoms with Crippen LogP contribution >= 0.6 is 12.4 Å². The fraction of sp³-hybridized carbons (Fsp3) is 0.533. The summed E-state index contributed by atoms with van der Waals surface area (Å²) in [6.07, 6.45) is 3.17. The minimum atomic E-state index is 0. The van der Waals surface area contributed by atoms with Crippen LogP contribution in [0.3, 0.4) is 0 Å². The van der Waals surface area contributed by atoms with E-state index in [1.165, 1.54) is 0 Å². The third-order valence-corrected chi connectivity index (χ3v) is 3.62. The van der Waals surface area contributed by atoms with Gasteiger partial charge in [-0.1, -0.05) is 6.07 Å². The normalized spacial score (nSPS) is 17.8. The van der Waals surface area contributed by atoms with Crippen LogP contribution in [0.1, 0.15) is 19.3 Å². The first kappa shape index (κ1) is 17.6. The van der Waals surface area contributed by atoms with E-state index in [-0.39, 0.29) is 31.0 Å². The molecule has 21 heavy (non-hydrogen) atoms. The molecule has 0 aliphatic carbocycles. The zero-order valence-electron chi connectivity index (χ0n) is 12.3. The van der Waals surface area contributed by atoms with Crippen molar-refractivity contribution in [1.29, 1.82) is 0 Å². The predicted molar refractivity (Wildman–Crippen MR) is 84.1 cm³/mol. The third-order valence-electron chi connectivity index (χ3n) is 3.62. The average Bonchev–Trinajstić information content (AvgIpc) is 2.52. The maximum Gasteiger partial charge on any atom is 0.260 e. The lowest BCUT2D eigenvalue weighted by Crippen LogP contribution is -2.49. The van der Waals surface area contributed by atoms with Crippen molar-refractivity contribution < 1.29 is 14.3 Å². The average molecular weight is 315 g/mol. The maximum absolute atomic E-state index is 12.2. The molecule has 1 atom stereocenters. The molecule has 1 heterocycles. The lowest BCUT2D eigenvalue weighted by Gasteiger charge is -2.34. The second kappa shape index (κ2) is 8.74. The van der Waals surface area contributed by atoms with E-state index in [0.29, 0.717) is 18.0 Å². The van der Waals surface area contributed by atoms with Crippen LogP contribution in [0.15, 0.2) is 24.3 Å². The molecule has 1 saturated heterocycles. The number of rotatable bonds is 5. The standard InChI is InChI=1S/C15H22N2O3.ClH/c1-19-13-6-4-7-14(9-13)20-11-15(18)17-8-3-2-5-12(17)10-16;/h4,6-7,9,12H,2-3,5,8,10-11,16H2,1H3;1H. The predicted octanol–water partition coefficient (Wildman–Crippen LogP) is 1.84. The number of likely N-dealkylation sites (tertiary alicyclic amines) is 1. The Kier molecular flexibility index (Phi) is 7.32. The Labute approximate surface area is 131 Å². The highest BCUT2D eigenvalue weighted by Crippen LogP contribution is 2.20. The van der Waals surface area contributed by atoms with E-state index in [2.05, 4.69) is 0 Å². The van der Waals surface area contributed by atoms with E-state index in [1.807, 2.05) is 23.1 Å². The monoisotopic (exact) mass is 314 g/mol. The van der Waals surface area contributed by atoms with E-state index in [1.54, 1.807) is 13.2 Å². The van der Waals surface area contributed by atoms with Crippen LogP contribution < -0.4 is 15.2 Å². The summed E-state index contributed by atoms with van der Waals surface area (Å²) in [7, 11) is 1.60. The van der Waals surface area contributed by atoms with Crippen molar-refractivity contribution in [3.05, 3.63) is 24.3 Å². The van der Waals surface area contributed by atoms with Crippen molar-refractivity contribution >= 4 is 18.3 Å². The Morgan fingerprint density at radius 2 is 2.14 bits per heavy atom. The Hall–Kier alpha value is -1.46. The second-order valence-electron chi connectivity index (χ2n) is 4.94. The van der Waals surface area contributed by atoms with E-state index in [9.17, 15) is 4.79 Å². The zero-order chi connectivity index (χ0) is 14.4. The quantitative estimate of drug-likeness (QED) is 0.900. The van der Waals surface area contributed by atoms with Gasteiger partial charge < -0.3 is 20.1 Å². The summed E-state index contributed by atoms with van der Waals surface area (Å²) in [5.74, 6) is 1.36. The van der Waals surface area contributed by atoms with Crippen molar-refractivity contribution in [3.63, 3.8) is 0 Å². The molecule has 0 bridgehead atoms. The minimum Gasteiger partial charge on any atom is -0.497 e. The number of amides is 1. The van der Waals surface area contributed by atoms with Crippen LogP contribution in [0, 0.1) is 0 Å². The Morgan fingerprint density at radius 1 is 1.38 bits per heavy atom. The van der Waals surface area contributed by atoms with Crippen LogP contribution in [0.4, 0.5) is 0 Å². The van der Waals surface area contributed by atoms with Gasteiger partial charge in [-0.15, -0.1) is 12.4 Å². The van der Waals surface area contributed by atoms with Gasteiger partial charge in [0.25, 0.3) is 5.91 Å². The Bertz CT molecular complexity index is 456. The molecule has 5 nitrogen and oxygen atoms in total. The van der Waals surface area contributed by atoms with Gasteiger partial charge >= 0.3 is 0 Å². The molecule has 0 radical (unpaired) electrons. The first-order valence-electron chi connectivity index (χ1n) is 7.01. The van der Waals surface area contributed by atoms with Gasteiger partial charge in [0.05, 0.1) is 7.11 Å². The molecular weight excluding hydrogens is 292 g/mol. The molecule has 0 saturated carbocycles. The highest BCUT2D eigenvalue weighted by atomic mass is 35.5. The van der Waals surface area contributed by atoms with Crippen LogP contribution in [0.5, 0.6) is 11.5 Å². The molecule has 0 aromatic heterocycles. The third kappa shape index (κ3) is 4.79. The first-order valence-corrected chi connectivity index (χ1v) is 7.01. The number of hydrogen-bond donors (Lipinski definition) is 1. The van der Waals surface area contributed by atoms with Crippen LogP contribution in [0.2, 0.25) is 0 Å². The summed E-state index contributed by atoms with van der Waals surface area (Å²) in [6.45, 7) is 1.34. The smallest absolute Gasteiger partial charge is 0.260 e. The lowest BCUT2D eigenvalue weighted by atomic mass is 10.0. The van der Waals surface area contributed by atoms with Crippen molar-refractivity contribution in [2.24, 2.45) is 5.73 Å². The number of carbonyl (C=O) groups excluding carboxylic acids is 1. The van der Waals surface area contributed by atoms with Crippen LogP contribution in [-0.2, 0) is 4.79 Å². The Balaban J connectivity index is 0.00000220. The molecule has 1 unspecified atom stereocenters. The number of carbonyl (C=O) groups is 1. The van der Waals surface area contributed by atoms with Gasteiger partial charge in [0.15, 0.2) is 6.61 Å².